The van der Waals surface area contributed by atoms with Crippen LogP contribution >= 0.6 is 15.9 Å². The van der Waals surface area contributed by atoms with Gasteiger partial charge in [0.25, 0.3) is 0 Å². The Morgan fingerprint density at radius 2 is 2.10 bits per heavy atom. The predicted octanol–water partition coefficient (Wildman–Crippen LogP) is 3.03. The van der Waals surface area contributed by atoms with Crippen molar-refractivity contribution < 1.29 is 14.3 Å². The molecule has 0 fully saturated rings. The smallest absolute Gasteiger partial charge is 0.338 e. The van der Waals surface area contributed by atoms with Crippen LogP contribution in [0.2, 0.25) is 0 Å². The maximum absolute atomic E-state index is 12.3. The van der Waals surface area contributed by atoms with Crippen LogP contribution in [0.15, 0.2) is 40.0 Å². The van der Waals surface area contributed by atoms with E-state index in [1.807, 2.05) is 31.2 Å². The van der Waals surface area contributed by atoms with Crippen molar-refractivity contribution in [2.75, 3.05) is 6.61 Å². The van der Waals surface area contributed by atoms with E-state index in [4.69, 9.17) is 4.74 Å². The fraction of sp³-hybridized carbons (Fsp3) is 0.333. The lowest BCUT2D eigenvalue weighted by Gasteiger charge is -2.28. The minimum absolute atomic E-state index is 0.333. The summed E-state index contributed by atoms with van der Waals surface area (Å²) in [6, 6.07) is 6.61. The molecule has 1 heterocycles. The first-order valence-electron chi connectivity index (χ1n) is 6.74. The Hall–Kier alpha value is -1.82. The Bertz CT molecular complexity index is 598. The Labute approximate surface area is 131 Å². The van der Waals surface area contributed by atoms with Crippen molar-refractivity contribution in [1.82, 2.24) is 10.6 Å². The Kier molecular flexibility index (Phi) is 5.01. The van der Waals surface area contributed by atoms with Crippen molar-refractivity contribution in [2.45, 2.75) is 26.3 Å². The van der Waals surface area contributed by atoms with E-state index in [9.17, 15) is 9.59 Å². The summed E-state index contributed by atoms with van der Waals surface area (Å²) in [6.07, 6.45) is 0.748. The Morgan fingerprint density at radius 3 is 2.76 bits per heavy atom. The van der Waals surface area contributed by atoms with Gasteiger partial charge in [0.1, 0.15) is 0 Å². The maximum atomic E-state index is 12.3. The van der Waals surface area contributed by atoms with Gasteiger partial charge < -0.3 is 15.4 Å². The number of halogens is 1. The summed E-state index contributed by atoms with van der Waals surface area (Å²) < 4.78 is 6.05. The number of urea groups is 1. The molecule has 2 amide bonds. The fourth-order valence-electron chi connectivity index (χ4n) is 2.18. The molecule has 0 aromatic heterocycles. The first-order valence-corrected chi connectivity index (χ1v) is 7.53. The highest BCUT2D eigenvalue weighted by Gasteiger charge is 2.32. The molecule has 0 saturated heterocycles. The van der Waals surface area contributed by atoms with Crippen LogP contribution in [0.1, 0.15) is 31.9 Å². The largest absolute Gasteiger partial charge is 0.462 e. The Morgan fingerprint density at radius 1 is 1.38 bits per heavy atom. The number of benzene rings is 1. The van der Waals surface area contributed by atoms with E-state index in [2.05, 4.69) is 26.6 Å². The molecule has 21 heavy (non-hydrogen) atoms. The lowest BCUT2D eigenvalue weighted by molar-refractivity contribution is -0.139. The predicted molar refractivity (Wildman–Crippen MR) is 82.5 cm³/mol. The van der Waals surface area contributed by atoms with Crippen LogP contribution in [0, 0.1) is 0 Å². The highest BCUT2D eigenvalue weighted by molar-refractivity contribution is 9.10. The van der Waals surface area contributed by atoms with E-state index < -0.39 is 12.0 Å². The van der Waals surface area contributed by atoms with Crippen LogP contribution in [-0.2, 0) is 9.53 Å². The van der Waals surface area contributed by atoms with Crippen LogP contribution in [-0.4, -0.2) is 18.6 Å². The monoisotopic (exact) mass is 352 g/mol. The third kappa shape index (κ3) is 3.44. The second-order valence-electron chi connectivity index (χ2n) is 4.73. The van der Waals surface area contributed by atoms with Crippen molar-refractivity contribution >= 4 is 27.9 Å². The van der Waals surface area contributed by atoms with Gasteiger partial charge in [-0.25, -0.2) is 9.59 Å². The molecular weight excluding hydrogens is 336 g/mol. The fourth-order valence-corrected chi connectivity index (χ4v) is 2.69. The molecule has 1 aromatic rings. The molecule has 5 nitrogen and oxygen atoms in total. The lowest BCUT2D eigenvalue weighted by atomic mass is 9.95. The molecule has 112 valence electrons. The molecule has 1 atom stereocenters. The zero-order valence-corrected chi connectivity index (χ0v) is 13.5. The zero-order chi connectivity index (χ0) is 15.4. The van der Waals surface area contributed by atoms with E-state index in [-0.39, 0.29) is 6.03 Å². The molecule has 6 heteroatoms. The van der Waals surface area contributed by atoms with Crippen molar-refractivity contribution in [3.05, 3.63) is 45.6 Å². The summed E-state index contributed by atoms with van der Waals surface area (Å²) >= 11 is 3.45. The number of allylic oxidation sites excluding steroid dienone is 1. The molecule has 2 rings (SSSR count). The number of esters is 1. The van der Waals surface area contributed by atoms with Gasteiger partial charge in [0.05, 0.1) is 18.2 Å². The first-order chi connectivity index (χ1) is 10.0. The minimum atomic E-state index is -0.529. The van der Waals surface area contributed by atoms with Gasteiger partial charge in [0, 0.05) is 10.2 Å². The number of carbonyl (C=O) groups excluding carboxylic acids is 2. The first kappa shape index (κ1) is 15.6. The third-order valence-corrected chi connectivity index (χ3v) is 3.86. The molecule has 0 saturated carbocycles. The second kappa shape index (κ2) is 6.76. The molecule has 0 radical (unpaired) electrons. The molecule has 0 aliphatic carbocycles. The van der Waals surface area contributed by atoms with Crippen molar-refractivity contribution in [1.29, 1.82) is 0 Å². The standard InChI is InChI=1S/C15H17BrN2O3/c1-3-8-21-14(19)12-9(2)17-15(20)18-13(12)10-6-4-5-7-11(10)16/h4-7,13H,3,8H2,1-2H3,(H2,17,18,20). The van der Waals surface area contributed by atoms with Gasteiger partial charge in [-0.15, -0.1) is 0 Å². The van der Waals surface area contributed by atoms with E-state index in [0.29, 0.717) is 17.9 Å². The van der Waals surface area contributed by atoms with Crippen LogP contribution in [0.4, 0.5) is 4.79 Å². The molecule has 2 N–H and O–H groups in total. The highest BCUT2D eigenvalue weighted by Crippen LogP contribution is 2.32. The number of amides is 2. The second-order valence-corrected chi connectivity index (χ2v) is 5.58. The summed E-state index contributed by atoms with van der Waals surface area (Å²) in [5.41, 5.74) is 1.76. The van der Waals surface area contributed by atoms with E-state index in [0.717, 1.165) is 16.5 Å². The summed E-state index contributed by atoms with van der Waals surface area (Å²) in [6.45, 7) is 3.98. The molecule has 1 aromatic carbocycles. The number of ether oxygens (including phenoxy) is 1. The average Bonchev–Trinajstić information content (AvgIpc) is 2.44. The van der Waals surface area contributed by atoms with Gasteiger partial charge in [0.15, 0.2) is 0 Å². The van der Waals surface area contributed by atoms with Crippen LogP contribution in [0.5, 0.6) is 0 Å². The molecule has 1 aliphatic rings. The molecule has 1 unspecified atom stereocenters. The average molecular weight is 353 g/mol. The van der Waals surface area contributed by atoms with Crippen LogP contribution < -0.4 is 10.6 Å². The normalized spacial score (nSPS) is 18.0. The summed E-state index contributed by atoms with van der Waals surface area (Å²) in [5.74, 6) is -0.414. The highest BCUT2D eigenvalue weighted by atomic mass is 79.9. The van der Waals surface area contributed by atoms with Gasteiger partial charge in [-0.3, -0.25) is 0 Å². The number of carbonyl (C=O) groups is 2. The maximum Gasteiger partial charge on any atom is 0.338 e. The number of nitrogens with one attached hydrogen (secondary N) is 2. The SMILES string of the molecule is CCCOC(=O)C1=C(C)NC(=O)NC1c1ccccc1Br. The zero-order valence-electron chi connectivity index (χ0n) is 11.9. The molecule has 0 spiro atoms. The molecule has 1 aliphatic heterocycles. The van der Waals surface area contributed by atoms with Gasteiger partial charge in [-0.05, 0) is 25.0 Å². The Balaban J connectivity index is 2.41. The lowest BCUT2D eigenvalue weighted by Crippen LogP contribution is -2.45. The van der Waals surface area contributed by atoms with Crippen LogP contribution in [0.3, 0.4) is 0 Å². The van der Waals surface area contributed by atoms with E-state index in [1.165, 1.54) is 0 Å². The quantitative estimate of drug-likeness (QED) is 0.818. The van der Waals surface area contributed by atoms with E-state index >= 15 is 0 Å². The third-order valence-electron chi connectivity index (χ3n) is 3.14. The number of hydrogen-bond donors (Lipinski definition) is 2. The molecule has 0 bridgehead atoms. The number of rotatable bonds is 4. The van der Waals surface area contributed by atoms with E-state index in [1.54, 1.807) is 6.92 Å². The summed E-state index contributed by atoms with van der Waals surface area (Å²) in [7, 11) is 0. The number of hydrogen-bond acceptors (Lipinski definition) is 3. The van der Waals surface area contributed by atoms with Gasteiger partial charge in [-0.2, -0.15) is 0 Å². The molecular formula is C15H17BrN2O3. The van der Waals surface area contributed by atoms with Crippen molar-refractivity contribution in [2.24, 2.45) is 0 Å². The van der Waals surface area contributed by atoms with Crippen LogP contribution in [0.25, 0.3) is 0 Å². The van der Waals surface area contributed by atoms with Crippen molar-refractivity contribution in [3.63, 3.8) is 0 Å². The minimum Gasteiger partial charge on any atom is -0.462 e. The van der Waals surface area contributed by atoms with Gasteiger partial charge >= 0.3 is 12.0 Å². The topological polar surface area (TPSA) is 67.4 Å². The van der Waals surface area contributed by atoms with Crippen molar-refractivity contribution in [3.8, 4) is 0 Å². The van der Waals surface area contributed by atoms with Gasteiger partial charge in [0.2, 0.25) is 0 Å². The summed E-state index contributed by atoms with van der Waals surface area (Å²) in [4.78, 5) is 24.0. The summed E-state index contributed by atoms with van der Waals surface area (Å²) in [5, 5.41) is 5.39. The van der Waals surface area contributed by atoms with Gasteiger partial charge in [-0.1, -0.05) is 41.1 Å².